The van der Waals surface area contributed by atoms with E-state index in [0.29, 0.717) is 5.82 Å². The molecule has 1 aromatic heterocycles. The van der Waals surface area contributed by atoms with Gasteiger partial charge in [-0.05, 0) is 23.3 Å². The molecule has 0 saturated carbocycles. The molecule has 0 saturated heterocycles. The Bertz CT molecular complexity index is 353. The second-order valence-corrected chi connectivity index (χ2v) is 2.62. The first kappa shape index (κ1) is 7.03. The van der Waals surface area contributed by atoms with Crippen molar-refractivity contribution in [3.8, 4) is 0 Å². The quantitative estimate of drug-likeness (QED) is 0.667. The van der Waals surface area contributed by atoms with Gasteiger partial charge >= 0.3 is 0 Å². The summed E-state index contributed by atoms with van der Waals surface area (Å²) >= 11 is 0. The van der Waals surface area contributed by atoms with Crippen molar-refractivity contribution in [2.24, 2.45) is 4.99 Å². The van der Waals surface area contributed by atoms with Crippen molar-refractivity contribution in [1.29, 1.82) is 0 Å². The molecule has 60 valence electrons. The van der Waals surface area contributed by atoms with E-state index >= 15 is 0 Å². The maximum Gasteiger partial charge on any atom is 0.123 e. The van der Waals surface area contributed by atoms with Crippen LogP contribution >= 0.6 is 0 Å². The topological polar surface area (TPSA) is 51.3 Å². The van der Waals surface area contributed by atoms with Gasteiger partial charge in [-0.15, -0.1) is 0 Å². The first-order valence-electron chi connectivity index (χ1n) is 3.78. The van der Waals surface area contributed by atoms with Crippen LogP contribution in [0.15, 0.2) is 29.4 Å². The third kappa shape index (κ3) is 1.21. The van der Waals surface area contributed by atoms with E-state index in [0.717, 1.165) is 17.7 Å². The molecule has 0 fully saturated rings. The number of anilines is 1. The summed E-state index contributed by atoms with van der Waals surface area (Å²) in [7, 11) is 0. The maximum absolute atomic E-state index is 5.54. The number of hydrogen-bond donors (Lipinski definition) is 1. The van der Waals surface area contributed by atoms with Crippen molar-refractivity contribution in [2.45, 2.75) is 0 Å². The van der Waals surface area contributed by atoms with Crippen LogP contribution in [0, 0.1) is 0 Å². The molecule has 2 rings (SSSR count). The Labute approximate surface area is 70.7 Å². The molecule has 1 aliphatic rings. The number of nitrogens with two attached hydrogens (primary N) is 1. The highest BCUT2D eigenvalue weighted by Gasteiger charge is 2.02. The molecule has 1 aromatic rings. The molecule has 0 atom stereocenters. The predicted octanol–water partition coefficient (Wildman–Crippen LogP) is 1.13. The average molecular weight is 159 g/mol. The fraction of sp³-hybridized carbons (Fsp3) is 0.111. The zero-order valence-corrected chi connectivity index (χ0v) is 6.57. The minimum absolute atomic E-state index is 0.550. The van der Waals surface area contributed by atoms with Crippen LogP contribution in [-0.2, 0) is 0 Å². The third-order valence-electron chi connectivity index (χ3n) is 1.76. The Morgan fingerprint density at radius 3 is 3.00 bits per heavy atom. The maximum atomic E-state index is 5.54. The summed E-state index contributed by atoms with van der Waals surface area (Å²) in [5, 5.41) is 0. The van der Waals surface area contributed by atoms with E-state index in [1.54, 1.807) is 6.20 Å². The second kappa shape index (κ2) is 2.77. The number of hydrogen-bond acceptors (Lipinski definition) is 3. The van der Waals surface area contributed by atoms with E-state index in [4.69, 9.17) is 5.73 Å². The zero-order chi connectivity index (χ0) is 8.39. The lowest BCUT2D eigenvalue weighted by Crippen LogP contribution is -1.91. The molecule has 2 N–H and O–H groups in total. The molecule has 0 aliphatic carbocycles. The van der Waals surface area contributed by atoms with Crippen LogP contribution in [0.4, 0.5) is 5.82 Å². The average Bonchev–Trinajstić information content (AvgIpc) is 2.56. The van der Waals surface area contributed by atoms with Gasteiger partial charge in [-0.1, -0.05) is 6.08 Å². The summed E-state index contributed by atoms with van der Waals surface area (Å²) in [4.78, 5) is 8.01. The van der Waals surface area contributed by atoms with Gasteiger partial charge in [-0.2, -0.15) is 0 Å². The molecule has 0 bridgehead atoms. The van der Waals surface area contributed by atoms with E-state index in [1.807, 2.05) is 18.3 Å². The number of nitrogens with zero attached hydrogens (tertiary/aromatic N) is 2. The highest BCUT2D eigenvalue weighted by atomic mass is 14.8. The molecule has 3 nitrogen and oxygen atoms in total. The molecule has 2 heterocycles. The Balaban J connectivity index is 2.40. The van der Waals surface area contributed by atoms with Gasteiger partial charge in [0.1, 0.15) is 5.82 Å². The van der Waals surface area contributed by atoms with Crippen LogP contribution in [-0.4, -0.2) is 17.7 Å². The standard InChI is InChI=1S/C9H9N3/c10-9-5-7(2-4-12-9)8-1-3-11-6-8/h1-2,4-6H,3H2,(H2,10,12). The van der Waals surface area contributed by atoms with Gasteiger partial charge in [-0.3, -0.25) is 4.99 Å². The molecule has 0 spiro atoms. The highest BCUT2D eigenvalue weighted by molar-refractivity contribution is 6.11. The fourth-order valence-electron chi connectivity index (χ4n) is 1.18. The molecule has 0 unspecified atom stereocenters. The minimum atomic E-state index is 0.550. The monoisotopic (exact) mass is 159 g/mol. The van der Waals surface area contributed by atoms with Crippen LogP contribution in [0.2, 0.25) is 0 Å². The molecule has 0 radical (unpaired) electrons. The van der Waals surface area contributed by atoms with E-state index in [1.165, 1.54) is 0 Å². The third-order valence-corrected chi connectivity index (χ3v) is 1.76. The SMILES string of the molecule is Nc1cc(C2=CCN=C2)ccn1. The number of rotatable bonds is 1. The number of allylic oxidation sites excluding steroid dienone is 1. The lowest BCUT2D eigenvalue weighted by atomic mass is 10.1. The van der Waals surface area contributed by atoms with Crippen LogP contribution < -0.4 is 5.73 Å². The predicted molar refractivity (Wildman–Crippen MR) is 50.0 cm³/mol. The van der Waals surface area contributed by atoms with Crippen molar-refractivity contribution >= 4 is 17.6 Å². The Morgan fingerprint density at radius 1 is 1.42 bits per heavy atom. The van der Waals surface area contributed by atoms with E-state index in [2.05, 4.69) is 16.1 Å². The Kier molecular flexibility index (Phi) is 1.63. The molecule has 12 heavy (non-hydrogen) atoms. The van der Waals surface area contributed by atoms with Crippen LogP contribution in [0.1, 0.15) is 5.56 Å². The molecule has 3 heteroatoms. The summed E-state index contributed by atoms with van der Waals surface area (Å²) in [5.41, 5.74) is 7.76. The normalized spacial score (nSPS) is 14.8. The van der Waals surface area contributed by atoms with Crippen LogP contribution in [0.5, 0.6) is 0 Å². The Hall–Kier alpha value is -1.64. The van der Waals surface area contributed by atoms with Gasteiger partial charge in [0.05, 0.1) is 6.54 Å². The zero-order valence-electron chi connectivity index (χ0n) is 6.57. The summed E-state index contributed by atoms with van der Waals surface area (Å²) in [5.74, 6) is 0.550. The van der Waals surface area contributed by atoms with Gasteiger partial charge in [-0.25, -0.2) is 4.98 Å². The summed E-state index contributed by atoms with van der Waals surface area (Å²) in [6.07, 6.45) is 5.63. The van der Waals surface area contributed by atoms with Gasteiger partial charge in [0.25, 0.3) is 0 Å². The molecule has 0 amide bonds. The van der Waals surface area contributed by atoms with Crippen molar-refractivity contribution < 1.29 is 0 Å². The number of aromatic nitrogens is 1. The van der Waals surface area contributed by atoms with Gasteiger partial charge < -0.3 is 5.73 Å². The summed E-state index contributed by atoms with van der Waals surface area (Å²) in [6.45, 7) is 0.775. The Morgan fingerprint density at radius 2 is 2.33 bits per heavy atom. The van der Waals surface area contributed by atoms with E-state index in [9.17, 15) is 0 Å². The first-order valence-corrected chi connectivity index (χ1v) is 3.78. The molecular formula is C9H9N3. The molecular weight excluding hydrogens is 150 g/mol. The lowest BCUT2D eigenvalue weighted by molar-refractivity contribution is 1.29. The largest absolute Gasteiger partial charge is 0.384 e. The fourth-order valence-corrected chi connectivity index (χ4v) is 1.18. The molecule has 1 aliphatic heterocycles. The number of pyridine rings is 1. The van der Waals surface area contributed by atoms with Crippen LogP contribution in [0.3, 0.4) is 0 Å². The van der Waals surface area contributed by atoms with Crippen molar-refractivity contribution in [3.05, 3.63) is 30.0 Å². The van der Waals surface area contributed by atoms with Crippen molar-refractivity contribution in [2.75, 3.05) is 12.3 Å². The molecule has 0 aromatic carbocycles. The smallest absolute Gasteiger partial charge is 0.123 e. The van der Waals surface area contributed by atoms with Gasteiger partial charge in [0.2, 0.25) is 0 Å². The lowest BCUT2D eigenvalue weighted by Gasteiger charge is -1.98. The van der Waals surface area contributed by atoms with E-state index in [-0.39, 0.29) is 0 Å². The first-order chi connectivity index (χ1) is 5.86. The van der Waals surface area contributed by atoms with Gasteiger partial charge in [0, 0.05) is 12.4 Å². The van der Waals surface area contributed by atoms with Gasteiger partial charge in [0.15, 0.2) is 0 Å². The summed E-state index contributed by atoms with van der Waals surface area (Å²) < 4.78 is 0. The summed E-state index contributed by atoms with van der Waals surface area (Å²) in [6, 6.07) is 3.78. The number of nitrogen functional groups attached to an aromatic ring is 1. The van der Waals surface area contributed by atoms with Crippen LogP contribution in [0.25, 0.3) is 5.57 Å². The van der Waals surface area contributed by atoms with Crippen molar-refractivity contribution in [3.63, 3.8) is 0 Å². The highest BCUT2D eigenvalue weighted by Crippen LogP contribution is 2.16. The van der Waals surface area contributed by atoms with E-state index < -0.39 is 0 Å². The van der Waals surface area contributed by atoms with Crippen molar-refractivity contribution in [1.82, 2.24) is 4.98 Å². The second-order valence-electron chi connectivity index (χ2n) is 2.62. The minimum Gasteiger partial charge on any atom is -0.384 e. The number of aliphatic imine (C=N–C) groups is 1.